The number of imidazole rings is 1. The van der Waals surface area contributed by atoms with Crippen LogP contribution in [0, 0.1) is 0 Å². The number of aromatic nitrogens is 2. The molecule has 0 fully saturated rings. The second kappa shape index (κ2) is 7.02. The minimum absolute atomic E-state index is 0.280. The molecule has 2 N–H and O–H groups in total. The molecule has 1 heterocycles. The highest BCUT2D eigenvalue weighted by molar-refractivity contribution is 9.12. The molecule has 6 heteroatoms. The number of fused-ring (bicyclic) bond motifs is 1. The lowest BCUT2D eigenvalue weighted by molar-refractivity contribution is 0.0955. The van der Waals surface area contributed by atoms with Crippen LogP contribution in [0.5, 0.6) is 0 Å². The van der Waals surface area contributed by atoms with E-state index in [4.69, 9.17) is 0 Å². The summed E-state index contributed by atoms with van der Waals surface area (Å²) < 4.78 is 0.757. The van der Waals surface area contributed by atoms with E-state index in [1.54, 1.807) is 30.7 Å². The molecule has 0 radical (unpaired) electrons. The van der Waals surface area contributed by atoms with Gasteiger partial charge in [-0.25, -0.2) is 10.4 Å². The zero-order valence-electron chi connectivity index (χ0n) is 12.0. The molecule has 0 aliphatic rings. The molecule has 1 amide bonds. The maximum Gasteiger partial charge on any atom is 0.271 e. The van der Waals surface area contributed by atoms with E-state index in [1.165, 1.54) is 0 Å². The molecule has 0 aliphatic heterocycles. The van der Waals surface area contributed by atoms with Crippen LogP contribution < -0.4 is 5.43 Å². The molecule has 0 saturated heterocycles. The number of halogens is 1. The Morgan fingerprint density at radius 3 is 2.87 bits per heavy atom. The summed E-state index contributed by atoms with van der Waals surface area (Å²) >= 11 is 3.40. The summed E-state index contributed by atoms with van der Waals surface area (Å²) in [6, 6.07) is 15.1. The number of aromatic amines is 1. The molecular formula is C17H13BrN4O. The van der Waals surface area contributed by atoms with Crippen molar-refractivity contribution in [3.8, 4) is 0 Å². The summed E-state index contributed by atoms with van der Waals surface area (Å²) in [6.07, 6.45) is 5.04. The number of hydrogen-bond acceptors (Lipinski definition) is 3. The van der Waals surface area contributed by atoms with Gasteiger partial charge in [-0.1, -0.05) is 30.3 Å². The van der Waals surface area contributed by atoms with Crippen LogP contribution in [-0.2, 0) is 0 Å². The van der Waals surface area contributed by atoms with Crippen molar-refractivity contribution in [2.24, 2.45) is 5.10 Å². The molecule has 0 spiro atoms. The van der Waals surface area contributed by atoms with Crippen molar-refractivity contribution in [1.82, 2.24) is 15.4 Å². The van der Waals surface area contributed by atoms with E-state index in [1.807, 2.05) is 36.4 Å². The summed E-state index contributed by atoms with van der Waals surface area (Å²) in [6.45, 7) is 0. The second-order valence-electron chi connectivity index (χ2n) is 4.77. The molecule has 0 unspecified atom stereocenters. The first-order valence-electron chi connectivity index (χ1n) is 6.91. The van der Waals surface area contributed by atoms with Crippen molar-refractivity contribution in [2.75, 3.05) is 0 Å². The number of nitrogens with one attached hydrogen (secondary N) is 2. The summed E-state index contributed by atoms with van der Waals surface area (Å²) in [4.78, 5) is 19.1. The number of hydrogen-bond donors (Lipinski definition) is 2. The van der Waals surface area contributed by atoms with Crippen LogP contribution in [0.4, 0.5) is 0 Å². The molecule has 0 bridgehead atoms. The normalized spacial score (nSPS) is 12.0. The van der Waals surface area contributed by atoms with Gasteiger partial charge in [-0.2, -0.15) is 5.10 Å². The number of amides is 1. The Balaban J connectivity index is 1.65. The zero-order chi connectivity index (χ0) is 16.1. The molecule has 3 rings (SSSR count). The van der Waals surface area contributed by atoms with E-state index in [-0.39, 0.29) is 5.91 Å². The summed E-state index contributed by atoms with van der Waals surface area (Å²) in [5.41, 5.74) is 5.69. The van der Waals surface area contributed by atoms with Crippen molar-refractivity contribution >= 4 is 45.2 Å². The van der Waals surface area contributed by atoms with Crippen molar-refractivity contribution in [3.05, 3.63) is 70.5 Å². The number of benzene rings is 2. The van der Waals surface area contributed by atoms with Gasteiger partial charge in [0.2, 0.25) is 0 Å². The average Bonchev–Trinajstić information content (AvgIpc) is 3.03. The molecule has 23 heavy (non-hydrogen) atoms. The smallest absolute Gasteiger partial charge is 0.271 e. The number of carbonyl (C=O) groups is 1. The fourth-order valence-electron chi connectivity index (χ4n) is 2.04. The minimum Gasteiger partial charge on any atom is -0.345 e. The van der Waals surface area contributed by atoms with Gasteiger partial charge in [0.1, 0.15) is 0 Å². The van der Waals surface area contributed by atoms with E-state index >= 15 is 0 Å². The van der Waals surface area contributed by atoms with Gasteiger partial charge in [0.05, 0.1) is 23.6 Å². The predicted molar refractivity (Wildman–Crippen MR) is 95.4 cm³/mol. The van der Waals surface area contributed by atoms with Crippen LogP contribution in [0.25, 0.3) is 17.1 Å². The fraction of sp³-hybridized carbons (Fsp3) is 0. The van der Waals surface area contributed by atoms with Crippen LogP contribution in [0.3, 0.4) is 0 Å². The topological polar surface area (TPSA) is 70.1 Å². The number of hydrazone groups is 1. The van der Waals surface area contributed by atoms with E-state index in [2.05, 4.69) is 36.4 Å². The maximum absolute atomic E-state index is 12.1. The SMILES string of the molecule is O=C(NN=C/C(Br)=C\c1ccccc1)c1ccc2nc[nH]c2c1. The van der Waals surface area contributed by atoms with Gasteiger partial charge in [0, 0.05) is 10.0 Å². The third-order valence-electron chi connectivity index (χ3n) is 3.14. The molecular weight excluding hydrogens is 356 g/mol. The van der Waals surface area contributed by atoms with Gasteiger partial charge in [-0.05, 0) is 45.8 Å². The monoisotopic (exact) mass is 368 g/mol. The van der Waals surface area contributed by atoms with Gasteiger partial charge in [-0.15, -0.1) is 0 Å². The third kappa shape index (κ3) is 3.92. The Bertz CT molecular complexity index is 884. The van der Waals surface area contributed by atoms with Crippen molar-refractivity contribution in [3.63, 3.8) is 0 Å². The standard InChI is InChI=1S/C17H13BrN4O/c18-14(8-12-4-2-1-3-5-12)10-21-22-17(23)13-6-7-15-16(9-13)20-11-19-15/h1-11H,(H,19,20)(H,22,23)/b14-8+,21-10?. The predicted octanol–water partition coefficient (Wildman–Crippen LogP) is 3.71. The van der Waals surface area contributed by atoms with Gasteiger partial charge in [0.15, 0.2) is 0 Å². The Morgan fingerprint density at radius 2 is 2.04 bits per heavy atom. The first-order valence-corrected chi connectivity index (χ1v) is 7.70. The third-order valence-corrected chi connectivity index (χ3v) is 3.57. The quantitative estimate of drug-likeness (QED) is 0.544. The first kappa shape index (κ1) is 15.2. The van der Waals surface area contributed by atoms with Gasteiger partial charge >= 0.3 is 0 Å². The van der Waals surface area contributed by atoms with Gasteiger partial charge in [-0.3, -0.25) is 4.79 Å². The molecule has 114 valence electrons. The van der Waals surface area contributed by atoms with E-state index in [0.29, 0.717) is 5.56 Å². The van der Waals surface area contributed by atoms with Gasteiger partial charge < -0.3 is 4.98 Å². The van der Waals surface area contributed by atoms with E-state index < -0.39 is 0 Å². The molecule has 0 atom stereocenters. The van der Waals surface area contributed by atoms with Gasteiger partial charge in [0.25, 0.3) is 5.91 Å². The lowest BCUT2D eigenvalue weighted by Crippen LogP contribution is -2.17. The summed E-state index contributed by atoms with van der Waals surface area (Å²) in [5.74, 6) is -0.280. The maximum atomic E-state index is 12.1. The highest BCUT2D eigenvalue weighted by Gasteiger charge is 2.06. The summed E-state index contributed by atoms with van der Waals surface area (Å²) in [7, 11) is 0. The van der Waals surface area contributed by atoms with Crippen molar-refractivity contribution in [1.29, 1.82) is 0 Å². The largest absolute Gasteiger partial charge is 0.345 e. The van der Waals surface area contributed by atoms with Crippen LogP contribution in [0.1, 0.15) is 15.9 Å². The molecule has 0 aliphatic carbocycles. The highest BCUT2D eigenvalue weighted by atomic mass is 79.9. The lowest BCUT2D eigenvalue weighted by atomic mass is 10.2. The molecule has 2 aromatic carbocycles. The van der Waals surface area contributed by atoms with Crippen molar-refractivity contribution < 1.29 is 4.79 Å². The molecule has 1 aromatic heterocycles. The Morgan fingerprint density at radius 1 is 1.22 bits per heavy atom. The van der Waals surface area contributed by atoms with Crippen LogP contribution in [-0.4, -0.2) is 22.1 Å². The second-order valence-corrected chi connectivity index (χ2v) is 5.69. The highest BCUT2D eigenvalue weighted by Crippen LogP contribution is 2.12. The summed E-state index contributed by atoms with van der Waals surface area (Å²) in [5, 5.41) is 3.95. The number of carbonyl (C=O) groups excluding carboxylic acids is 1. The number of allylic oxidation sites excluding steroid dienone is 1. The van der Waals surface area contributed by atoms with Crippen LogP contribution in [0.2, 0.25) is 0 Å². The van der Waals surface area contributed by atoms with E-state index in [9.17, 15) is 4.79 Å². The Hall–Kier alpha value is -2.73. The Kier molecular flexibility index (Phi) is 4.63. The number of H-pyrrole nitrogens is 1. The Labute approximate surface area is 141 Å². The number of rotatable bonds is 4. The molecule has 0 saturated carbocycles. The molecule has 5 nitrogen and oxygen atoms in total. The number of nitrogens with zero attached hydrogens (tertiary/aromatic N) is 2. The lowest BCUT2D eigenvalue weighted by Gasteiger charge is -1.99. The van der Waals surface area contributed by atoms with Crippen LogP contribution in [0.15, 0.2) is 64.4 Å². The minimum atomic E-state index is -0.280. The fourth-order valence-corrected chi connectivity index (χ4v) is 2.41. The zero-order valence-corrected chi connectivity index (χ0v) is 13.6. The molecule has 3 aromatic rings. The average molecular weight is 369 g/mol. The van der Waals surface area contributed by atoms with Crippen molar-refractivity contribution in [2.45, 2.75) is 0 Å². The van der Waals surface area contributed by atoms with E-state index in [0.717, 1.165) is 21.1 Å². The van der Waals surface area contributed by atoms with Crippen LogP contribution >= 0.6 is 15.9 Å². The first-order chi connectivity index (χ1) is 11.2.